The standard InChI is InChI=1S/C44H53NO5/c1-43(2,3)50-42(46)45-25-21-35(22-26-45)49-38-28-37(29-38)48-34-19-23-44(4,24-20-34)41-39(32-13-9-6-10-14-32)17-15-33-27-36(16-18-40(33)41)47-30-31-11-7-5-8-12-31/h5-14,16,18-20,23,27,35,37-39,41H,15,17,21-22,24-26,28-30H2,1-4H3/t37?,38?,39-,41+,44?/m1/s1. The lowest BCUT2D eigenvalue weighted by atomic mass is 9.59. The maximum atomic E-state index is 12.4. The molecule has 1 saturated heterocycles. The molecule has 2 fully saturated rings. The van der Waals surface area contributed by atoms with Gasteiger partial charge in [-0.1, -0.05) is 79.7 Å². The van der Waals surface area contributed by atoms with Gasteiger partial charge in [-0.2, -0.15) is 0 Å². The molecule has 1 unspecified atom stereocenters. The largest absolute Gasteiger partial charge is 0.491 e. The molecule has 50 heavy (non-hydrogen) atoms. The molecule has 3 aromatic carbocycles. The first-order chi connectivity index (χ1) is 24.1. The quantitative estimate of drug-likeness (QED) is 0.226. The van der Waals surface area contributed by atoms with Gasteiger partial charge in [0.2, 0.25) is 0 Å². The van der Waals surface area contributed by atoms with Gasteiger partial charge in [0.05, 0.1) is 12.2 Å². The van der Waals surface area contributed by atoms with E-state index >= 15 is 0 Å². The summed E-state index contributed by atoms with van der Waals surface area (Å²) in [6.45, 7) is 10.1. The summed E-state index contributed by atoms with van der Waals surface area (Å²) in [6.07, 6.45) is 14.0. The van der Waals surface area contributed by atoms with E-state index in [1.165, 1.54) is 22.3 Å². The maximum Gasteiger partial charge on any atom is 0.410 e. The topological polar surface area (TPSA) is 57.2 Å². The van der Waals surface area contributed by atoms with Gasteiger partial charge in [-0.15, -0.1) is 0 Å². The Labute approximate surface area is 298 Å². The Balaban J connectivity index is 0.953. The van der Waals surface area contributed by atoms with Crippen LogP contribution in [0.5, 0.6) is 5.75 Å². The van der Waals surface area contributed by atoms with Crippen molar-refractivity contribution in [2.24, 2.45) is 5.41 Å². The van der Waals surface area contributed by atoms with Crippen molar-refractivity contribution in [3.8, 4) is 5.75 Å². The Morgan fingerprint density at radius 2 is 1.60 bits per heavy atom. The normalized spacial score (nSPS) is 26.7. The lowest BCUT2D eigenvalue weighted by Gasteiger charge is -2.45. The van der Waals surface area contributed by atoms with Gasteiger partial charge in [0.15, 0.2) is 0 Å². The lowest BCUT2D eigenvalue weighted by Crippen LogP contribution is -2.46. The first-order valence-corrected chi connectivity index (χ1v) is 18.7. The smallest absolute Gasteiger partial charge is 0.410 e. The van der Waals surface area contributed by atoms with Crippen LogP contribution in [0.2, 0.25) is 0 Å². The number of nitrogens with zero attached hydrogens (tertiary/aromatic N) is 1. The predicted molar refractivity (Wildman–Crippen MR) is 197 cm³/mol. The highest BCUT2D eigenvalue weighted by molar-refractivity contribution is 5.68. The molecule has 1 heterocycles. The number of allylic oxidation sites excluding steroid dienone is 3. The van der Waals surface area contributed by atoms with Crippen LogP contribution < -0.4 is 4.74 Å². The van der Waals surface area contributed by atoms with Crippen LogP contribution in [0.25, 0.3) is 0 Å². The van der Waals surface area contributed by atoms with Gasteiger partial charge in [0, 0.05) is 31.8 Å². The highest BCUT2D eigenvalue weighted by atomic mass is 16.6. The SMILES string of the molecule is CC(C)(C)OC(=O)N1CCC(OC2CC(OC3=CCC(C)([C@@H]4c5ccc(OCc6ccccc6)cc5CC[C@@H]4c4ccccc4)C=C3)C2)CC1. The minimum Gasteiger partial charge on any atom is -0.491 e. The Morgan fingerprint density at radius 3 is 2.28 bits per heavy atom. The molecule has 1 aliphatic heterocycles. The van der Waals surface area contributed by atoms with E-state index in [0.717, 1.165) is 56.5 Å². The molecule has 3 aliphatic carbocycles. The van der Waals surface area contributed by atoms with Gasteiger partial charge in [-0.05, 0) is 111 Å². The molecule has 0 aromatic heterocycles. The fourth-order valence-corrected chi connectivity index (χ4v) is 8.24. The third-order valence-electron chi connectivity index (χ3n) is 11.0. The molecule has 264 valence electrons. The molecular formula is C44H53NO5. The summed E-state index contributed by atoms with van der Waals surface area (Å²) < 4.78 is 24.7. The van der Waals surface area contributed by atoms with E-state index < -0.39 is 5.60 Å². The Bertz CT molecular complexity index is 1660. The first-order valence-electron chi connectivity index (χ1n) is 18.7. The number of carbonyl (C=O) groups excluding carboxylic acids is 1. The average molecular weight is 676 g/mol. The molecule has 0 spiro atoms. The number of aryl methyl sites for hydroxylation is 1. The van der Waals surface area contributed by atoms with Gasteiger partial charge in [-0.25, -0.2) is 4.79 Å². The van der Waals surface area contributed by atoms with Crippen LogP contribution >= 0.6 is 0 Å². The second-order valence-corrected chi connectivity index (χ2v) is 16.0. The predicted octanol–water partition coefficient (Wildman–Crippen LogP) is 9.89. The molecule has 1 saturated carbocycles. The summed E-state index contributed by atoms with van der Waals surface area (Å²) in [4.78, 5) is 14.2. The van der Waals surface area contributed by atoms with Crippen LogP contribution in [0, 0.1) is 5.41 Å². The van der Waals surface area contributed by atoms with E-state index in [4.69, 9.17) is 18.9 Å². The summed E-state index contributed by atoms with van der Waals surface area (Å²) in [5.41, 5.74) is 4.93. The van der Waals surface area contributed by atoms with Crippen molar-refractivity contribution in [2.75, 3.05) is 13.1 Å². The number of piperidine rings is 1. The second kappa shape index (κ2) is 14.7. The van der Waals surface area contributed by atoms with Crippen molar-refractivity contribution in [1.29, 1.82) is 0 Å². The summed E-state index contributed by atoms with van der Waals surface area (Å²) in [7, 11) is 0. The fourth-order valence-electron chi connectivity index (χ4n) is 8.24. The third kappa shape index (κ3) is 8.12. The Kier molecular flexibility index (Phi) is 10.1. The van der Waals surface area contributed by atoms with Gasteiger partial charge < -0.3 is 23.8 Å². The number of hydrogen-bond acceptors (Lipinski definition) is 5. The van der Waals surface area contributed by atoms with Gasteiger partial charge in [0.1, 0.15) is 29.8 Å². The number of benzene rings is 3. The molecule has 1 amide bonds. The van der Waals surface area contributed by atoms with E-state index in [1.54, 1.807) is 4.90 Å². The molecule has 7 rings (SSSR count). The molecular weight excluding hydrogens is 622 g/mol. The van der Waals surface area contributed by atoms with E-state index in [9.17, 15) is 4.79 Å². The molecule has 6 nitrogen and oxygen atoms in total. The van der Waals surface area contributed by atoms with Crippen LogP contribution in [0.3, 0.4) is 0 Å². The lowest BCUT2D eigenvalue weighted by molar-refractivity contribution is -0.121. The number of hydrogen-bond donors (Lipinski definition) is 0. The van der Waals surface area contributed by atoms with Crippen LogP contribution in [0.1, 0.15) is 100 Å². The van der Waals surface area contributed by atoms with E-state index in [0.29, 0.717) is 31.5 Å². The zero-order valence-corrected chi connectivity index (χ0v) is 30.2. The summed E-state index contributed by atoms with van der Waals surface area (Å²) in [5.74, 6) is 2.70. The van der Waals surface area contributed by atoms with Crippen LogP contribution in [0.4, 0.5) is 4.79 Å². The number of rotatable bonds is 9. The first kappa shape index (κ1) is 34.4. The number of amides is 1. The third-order valence-corrected chi connectivity index (χ3v) is 11.0. The van der Waals surface area contributed by atoms with Gasteiger partial charge in [-0.3, -0.25) is 0 Å². The summed E-state index contributed by atoms with van der Waals surface area (Å²) in [6, 6.07) is 28.2. The van der Waals surface area contributed by atoms with Crippen LogP contribution in [-0.4, -0.2) is 48.0 Å². The van der Waals surface area contributed by atoms with E-state index in [-0.39, 0.29) is 29.8 Å². The summed E-state index contributed by atoms with van der Waals surface area (Å²) in [5, 5.41) is 0. The molecule has 3 aromatic rings. The fraction of sp³-hybridized carbons (Fsp3) is 0.477. The van der Waals surface area contributed by atoms with Crippen LogP contribution in [0.15, 0.2) is 103 Å². The molecule has 0 radical (unpaired) electrons. The van der Waals surface area contributed by atoms with E-state index in [1.807, 2.05) is 26.8 Å². The number of ether oxygens (including phenoxy) is 4. The van der Waals surface area contributed by atoms with Crippen molar-refractivity contribution in [2.45, 2.75) is 115 Å². The minimum absolute atomic E-state index is 0.0472. The number of likely N-dealkylation sites (tertiary alicyclic amines) is 1. The number of carbonyl (C=O) groups is 1. The summed E-state index contributed by atoms with van der Waals surface area (Å²) >= 11 is 0. The van der Waals surface area contributed by atoms with Gasteiger partial charge in [0.25, 0.3) is 0 Å². The average Bonchev–Trinajstić information content (AvgIpc) is 3.10. The molecule has 0 N–H and O–H groups in total. The van der Waals surface area contributed by atoms with E-state index in [2.05, 4.69) is 97.9 Å². The molecule has 3 atom stereocenters. The Hall–Kier alpha value is -4.03. The second-order valence-electron chi connectivity index (χ2n) is 16.0. The van der Waals surface area contributed by atoms with Crippen molar-refractivity contribution in [3.63, 3.8) is 0 Å². The molecule has 4 aliphatic rings. The van der Waals surface area contributed by atoms with Crippen molar-refractivity contribution in [1.82, 2.24) is 4.90 Å². The zero-order valence-electron chi connectivity index (χ0n) is 30.2. The highest BCUT2D eigenvalue weighted by Crippen LogP contribution is 2.55. The molecule has 0 bridgehead atoms. The Morgan fingerprint density at radius 1 is 0.880 bits per heavy atom. The zero-order chi connectivity index (χ0) is 34.7. The van der Waals surface area contributed by atoms with Crippen LogP contribution in [-0.2, 0) is 27.2 Å². The van der Waals surface area contributed by atoms with Crippen molar-refractivity contribution >= 4 is 6.09 Å². The highest BCUT2D eigenvalue weighted by Gasteiger charge is 2.43. The van der Waals surface area contributed by atoms with Gasteiger partial charge >= 0.3 is 6.09 Å². The number of fused-ring (bicyclic) bond motifs is 1. The minimum atomic E-state index is -0.470. The van der Waals surface area contributed by atoms with Crippen molar-refractivity contribution < 1.29 is 23.7 Å². The molecule has 6 heteroatoms. The monoisotopic (exact) mass is 675 g/mol. The van der Waals surface area contributed by atoms with Crippen molar-refractivity contribution in [3.05, 3.63) is 125 Å². The maximum absolute atomic E-state index is 12.4.